The van der Waals surface area contributed by atoms with Crippen LogP contribution in [0.25, 0.3) is 5.57 Å². The van der Waals surface area contributed by atoms with Crippen molar-refractivity contribution in [1.82, 2.24) is 4.57 Å². The number of aromatic nitrogens is 1. The van der Waals surface area contributed by atoms with Crippen molar-refractivity contribution in [2.45, 2.75) is 52.0 Å². The van der Waals surface area contributed by atoms with Crippen LogP contribution in [-0.2, 0) is 14.3 Å². The van der Waals surface area contributed by atoms with Crippen LogP contribution in [0, 0.1) is 0 Å². The van der Waals surface area contributed by atoms with E-state index in [-0.39, 0.29) is 17.0 Å². The number of para-hydroxylation sites is 1. The minimum Gasteiger partial charge on any atom is -0.497 e. The molecule has 0 saturated carbocycles. The van der Waals surface area contributed by atoms with Crippen molar-refractivity contribution in [3.8, 4) is 5.75 Å². The van der Waals surface area contributed by atoms with Crippen molar-refractivity contribution in [2.24, 2.45) is 4.99 Å². The average molecular weight is 560 g/mol. The highest BCUT2D eigenvalue weighted by Crippen LogP contribution is 2.36. The monoisotopic (exact) mass is 559 g/mol. The number of rotatable bonds is 9. The molecule has 1 amide bonds. The second kappa shape index (κ2) is 11.6. The molecule has 2 aliphatic rings. The summed E-state index contributed by atoms with van der Waals surface area (Å²) in [4.78, 5) is 47.9. The largest absolute Gasteiger partial charge is 0.497 e. The lowest BCUT2D eigenvalue weighted by Crippen LogP contribution is -2.40. The predicted molar refractivity (Wildman–Crippen MR) is 155 cm³/mol. The number of ether oxygens (including phenoxy) is 2. The molecule has 9 heteroatoms. The maximum Gasteiger partial charge on any atom is 0.338 e. The number of carbonyl (C=O) groups excluding carboxylic acids is 2. The van der Waals surface area contributed by atoms with E-state index >= 15 is 0 Å². The Morgan fingerprint density at radius 2 is 1.73 bits per heavy atom. The fourth-order valence-electron chi connectivity index (χ4n) is 5.44. The minimum absolute atomic E-state index is 0.174. The molecule has 8 nitrogen and oxygen atoms in total. The second-order valence-corrected chi connectivity index (χ2v) is 10.9. The maximum atomic E-state index is 14.2. The Morgan fingerprint density at radius 3 is 2.42 bits per heavy atom. The van der Waals surface area contributed by atoms with E-state index in [1.54, 1.807) is 31.1 Å². The molecule has 0 N–H and O–H groups in total. The third-order valence-corrected chi connectivity index (χ3v) is 8.52. The van der Waals surface area contributed by atoms with Crippen LogP contribution in [0.5, 0.6) is 5.75 Å². The van der Waals surface area contributed by atoms with Crippen LogP contribution < -0.4 is 24.5 Å². The van der Waals surface area contributed by atoms with Gasteiger partial charge in [-0.1, -0.05) is 74.3 Å². The number of anilines is 1. The third-order valence-electron chi connectivity index (χ3n) is 7.47. The fourth-order valence-corrected chi connectivity index (χ4v) is 6.58. The molecule has 3 heterocycles. The summed E-state index contributed by atoms with van der Waals surface area (Å²) in [6.45, 7) is 4.51. The van der Waals surface area contributed by atoms with Gasteiger partial charge in [0.1, 0.15) is 10.3 Å². The molecule has 0 fully saturated rings. The number of esters is 1. The highest BCUT2D eigenvalue weighted by atomic mass is 32.1. The first kappa shape index (κ1) is 27.6. The van der Waals surface area contributed by atoms with Gasteiger partial charge < -0.3 is 14.4 Å². The van der Waals surface area contributed by atoms with Gasteiger partial charge in [0.25, 0.3) is 11.5 Å². The maximum absolute atomic E-state index is 14.2. The summed E-state index contributed by atoms with van der Waals surface area (Å²) >= 11 is 1.18. The van der Waals surface area contributed by atoms with Crippen molar-refractivity contribution >= 4 is 34.5 Å². The van der Waals surface area contributed by atoms with E-state index in [0.717, 1.165) is 36.9 Å². The van der Waals surface area contributed by atoms with Crippen molar-refractivity contribution in [1.29, 1.82) is 0 Å². The Balaban J connectivity index is 1.67. The summed E-state index contributed by atoms with van der Waals surface area (Å²) in [5.41, 5.74) is 3.06. The highest BCUT2D eigenvalue weighted by molar-refractivity contribution is 7.07. The molecule has 1 atom stereocenters. The lowest BCUT2D eigenvalue weighted by Gasteiger charge is -2.24. The molecule has 3 aromatic rings. The zero-order valence-corrected chi connectivity index (χ0v) is 24.0. The standard InChI is InChI=1S/C31H33N3O5S/c1-5-6-7-8-11-18-33-23-13-10-9-12-22(23)25(28(33)35)27-29(36)34-26(20-14-16-21(38-3)17-15-20)24(30(37)39-4)19(2)32-31(34)40-27/h9-10,12-17,26H,5-8,11,18H2,1-4H3/b27-25-/t26-/m1/s1. The van der Waals surface area contributed by atoms with Crippen LogP contribution in [0.3, 0.4) is 0 Å². The lowest BCUT2D eigenvalue weighted by atomic mass is 9.96. The number of allylic oxidation sites excluding steroid dienone is 1. The van der Waals surface area contributed by atoms with Gasteiger partial charge in [-0.05, 0) is 37.1 Å². The van der Waals surface area contributed by atoms with Crippen LogP contribution in [0.15, 0.2) is 69.6 Å². The summed E-state index contributed by atoms with van der Waals surface area (Å²) in [5, 5.41) is 0. The van der Waals surface area contributed by atoms with E-state index in [2.05, 4.69) is 11.9 Å². The zero-order valence-electron chi connectivity index (χ0n) is 23.2. The number of methoxy groups -OCH3 is 2. The molecule has 40 heavy (non-hydrogen) atoms. The van der Waals surface area contributed by atoms with Gasteiger partial charge in [-0.3, -0.25) is 14.2 Å². The van der Waals surface area contributed by atoms with Crippen molar-refractivity contribution in [3.05, 3.63) is 90.6 Å². The van der Waals surface area contributed by atoms with Crippen LogP contribution in [0.1, 0.15) is 63.1 Å². The number of benzene rings is 2. The Hall–Kier alpha value is -3.98. The molecule has 1 aromatic heterocycles. The number of unbranched alkanes of at least 4 members (excludes halogenated alkanes) is 4. The molecule has 5 rings (SSSR count). The van der Waals surface area contributed by atoms with Gasteiger partial charge in [-0.25, -0.2) is 9.79 Å². The Morgan fingerprint density at radius 1 is 1.00 bits per heavy atom. The topological polar surface area (TPSA) is 90.2 Å². The first-order valence-electron chi connectivity index (χ1n) is 13.6. The molecule has 0 radical (unpaired) electrons. The smallest absolute Gasteiger partial charge is 0.338 e. The average Bonchev–Trinajstić information content (AvgIpc) is 3.43. The van der Waals surface area contributed by atoms with Crippen LogP contribution >= 0.6 is 11.3 Å². The number of hydrogen-bond acceptors (Lipinski definition) is 7. The van der Waals surface area contributed by atoms with E-state index in [9.17, 15) is 14.4 Å². The van der Waals surface area contributed by atoms with Crippen molar-refractivity contribution < 1.29 is 19.1 Å². The number of thiazole rings is 1. The minimum atomic E-state index is -0.759. The summed E-state index contributed by atoms with van der Waals surface area (Å²) in [5.74, 6) is -0.0786. The highest BCUT2D eigenvalue weighted by Gasteiger charge is 2.37. The fraction of sp³-hybridized carbons (Fsp3) is 0.355. The molecule has 2 aliphatic heterocycles. The SMILES string of the molecule is CCCCCCCN1C(=O)/C(=c2\sc3n(c2=O)[C@H](c2ccc(OC)cc2)C(C(=O)OC)=C(C)N=3)c2ccccc21. The van der Waals surface area contributed by atoms with Gasteiger partial charge in [0.2, 0.25) is 0 Å². The van der Waals surface area contributed by atoms with E-state index in [1.165, 1.54) is 29.4 Å². The Kier molecular flexibility index (Phi) is 8.02. The third kappa shape index (κ3) is 4.79. The van der Waals surface area contributed by atoms with E-state index in [0.29, 0.717) is 38.5 Å². The second-order valence-electron chi connectivity index (χ2n) is 9.93. The van der Waals surface area contributed by atoms with Gasteiger partial charge in [-0.2, -0.15) is 0 Å². The molecule has 0 spiro atoms. The molecule has 2 aromatic carbocycles. The van der Waals surface area contributed by atoms with E-state index in [4.69, 9.17) is 9.47 Å². The van der Waals surface area contributed by atoms with Crippen LogP contribution in [0.4, 0.5) is 5.69 Å². The van der Waals surface area contributed by atoms with Gasteiger partial charge in [0, 0.05) is 12.1 Å². The number of nitrogens with zero attached hydrogens (tertiary/aromatic N) is 3. The first-order valence-corrected chi connectivity index (χ1v) is 14.4. The predicted octanol–water partition coefficient (Wildman–Crippen LogP) is 4.10. The molecular weight excluding hydrogens is 526 g/mol. The number of amides is 1. The van der Waals surface area contributed by atoms with Crippen LogP contribution in [-0.4, -0.2) is 37.2 Å². The molecule has 0 aliphatic carbocycles. The van der Waals surface area contributed by atoms with Crippen molar-refractivity contribution in [3.63, 3.8) is 0 Å². The van der Waals surface area contributed by atoms with E-state index in [1.807, 2.05) is 36.4 Å². The number of carbonyl (C=O) groups is 2. The molecule has 0 saturated heterocycles. The molecular formula is C31H33N3O5S. The zero-order chi connectivity index (χ0) is 28.4. The van der Waals surface area contributed by atoms with Crippen LogP contribution in [0.2, 0.25) is 0 Å². The van der Waals surface area contributed by atoms with Gasteiger partial charge in [-0.15, -0.1) is 0 Å². The van der Waals surface area contributed by atoms with Crippen molar-refractivity contribution in [2.75, 3.05) is 25.7 Å². The summed E-state index contributed by atoms with van der Waals surface area (Å²) in [6.07, 6.45) is 5.42. The molecule has 0 unspecified atom stereocenters. The lowest BCUT2D eigenvalue weighted by molar-refractivity contribution is -0.136. The summed E-state index contributed by atoms with van der Waals surface area (Å²) < 4.78 is 12.2. The first-order chi connectivity index (χ1) is 19.4. The van der Waals surface area contributed by atoms with E-state index < -0.39 is 12.0 Å². The number of hydrogen-bond donors (Lipinski definition) is 0. The quantitative estimate of drug-likeness (QED) is 0.291. The normalized spacial score (nSPS) is 17.4. The molecule has 208 valence electrons. The Labute approximate surface area is 236 Å². The van der Waals surface area contributed by atoms with Gasteiger partial charge in [0.05, 0.1) is 42.8 Å². The molecule has 0 bridgehead atoms. The summed E-state index contributed by atoms with van der Waals surface area (Å²) in [7, 11) is 2.89. The van der Waals surface area contributed by atoms with Gasteiger partial charge in [0.15, 0.2) is 4.80 Å². The van der Waals surface area contributed by atoms with Gasteiger partial charge >= 0.3 is 5.97 Å². The summed E-state index contributed by atoms with van der Waals surface area (Å²) in [6, 6.07) is 14.1. The Bertz CT molecular complexity index is 1670. The number of fused-ring (bicyclic) bond motifs is 2.